The number of urea groups is 1. The summed E-state index contributed by atoms with van der Waals surface area (Å²) in [6.45, 7) is 5.79. The van der Waals surface area contributed by atoms with Crippen LogP contribution < -0.4 is 4.90 Å². The summed E-state index contributed by atoms with van der Waals surface area (Å²) in [7, 11) is 0. The molecule has 1 aliphatic heterocycles. The Morgan fingerprint density at radius 2 is 1.80 bits per heavy atom. The van der Waals surface area contributed by atoms with E-state index in [-0.39, 0.29) is 12.1 Å². The van der Waals surface area contributed by atoms with E-state index in [0.717, 1.165) is 17.0 Å². The van der Waals surface area contributed by atoms with Crippen molar-refractivity contribution in [3.05, 3.63) is 29.8 Å². The van der Waals surface area contributed by atoms with E-state index < -0.39 is 29.1 Å². The molecule has 0 N–H and O–H groups in total. The van der Waals surface area contributed by atoms with Crippen molar-refractivity contribution in [3.63, 3.8) is 0 Å². The van der Waals surface area contributed by atoms with Gasteiger partial charge in [-0.25, -0.2) is 18.5 Å². The zero-order valence-corrected chi connectivity index (χ0v) is 11.6. The van der Waals surface area contributed by atoms with Gasteiger partial charge in [0.2, 0.25) is 5.91 Å². The minimum atomic E-state index is -0.928. The van der Waals surface area contributed by atoms with Gasteiger partial charge in [-0.1, -0.05) is 0 Å². The van der Waals surface area contributed by atoms with Crippen LogP contribution in [0.3, 0.4) is 0 Å². The highest BCUT2D eigenvalue weighted by Gasteiger charge is 2.39. The van der Waals surface area contributed by atoms with E-state index in [0.29, 0.717) is 12.6 Å². The lowest BCUT2D eigenvalue weighted by Gasteiger charge is -2.42. The molecule has 3 amide bonds. The molecule has 20 heavy (non-hydrogen) atoms. The molecule has 4 nitrogen and oxygen atoms in total. The lowest BCUT2D eigenvalue weighted by molar-refractivity contribution is -0.119. The number of hydrogen-bond acceptors (Lipinski definition) is 2. The van der Waals surface area contributed by atoms with Gasteiger partial charge in [0.05, 0.1) is 5.69 Å². The van der Waals surface area contributed by atoms with Gasteiger partial charge in [-0.2, -0.15) is 0 Å². The minimum absolute atomic E-state index is 0.111. The second kappa shape index (κ2) is 4.85. The molecule has 6 heteroatoms. The van der Waals surface area contributed by atoms with Gasteiger partial charge < -0.3 is 4.90 Å². The average molecular weight is 282 g/mol. The van der Waals surface area contributed by atoms with Crippen LogP contribution in [-0.2, 0) is 4.79 Å². The van der Waals surface area contributed by atoms with Gasteiger partial charge in [-0.05, 0) is 32.9 Å². The molecule has 0 unspecified atom stereocenters. The second-order valence-electron chi connectivity index (χ2n) is 5.68. The van der Waals surface area contributed by atoms with Crippen molar-refractivity contribution >= 4 is 17.6 Å². The normalized spacial score (nSPS) is 16.9. The summed E-state index contributed by atoms with van der Waals surface area (Å²) in [5, 5.41) is 0. The number of anilines is 1. The van der Waals surface area contributed by atoms with Crippen LogP contribution in [0.4, 0.5) is 19.3 Å². The molecule has 0 aromatic heterocycles. The number of nitrogens with zero attached hydrogens (tertiary/aromatic N) is 2. The zero-order chi connectivity index (χ0) is 15.1. The van der Waals surface area contributed by atoms with Crippen LogP contribution in [-0.4, -0.2) is 28.9 Å². The Balaban J connectivity index is 2.42. The van der Waals surface area contributed by atoms with E-state index in [9.17, 15) is 18.4 Å². The molecule has 0 atom stereocenters. The zero-order valence-electron chi connectivity index (χ0n) is 11.6. The van der Waals surface area contributed by atoms with Gasteiger partial charge in [0, 0.05) is 24.6 Å². The summed E-state index contributed by atoms with van der Waals surface area (Å²) in [4.78, 5) is 26.6. The molecular formula is C14H16F2N2O2. The molecule has 1 aromatic rings. The molecule has 1 fully saturated rings. The van der Waals surface area contributed by atoms with E-state index in [2.05, 4.69) is 0 Å². The van der Waals surface area contributed by atoms with Gasteiger partial charge in [-0.3, -0.25) is 4.79 Å². The molecular weight excluding hydrogens is 266 g/mol. The maximum Gasteiger partial charge on any atom is 0.331 e. The van der Waals surface area contributed by atoms with Crippen molar-refractivity contribution in [1.29, 1.82) is 0 Å². The Morgan fingerprint density at radius 1 is 1.15 bits per heavy atom. The summed E-state index contributed by atoms with van der Waals surface area (Å²) in [5.41, 5.74) is -0.692. The predicted molar refractivity (Wildman–Crippen MR) is 70.3 cm³/mol. The Labute approximate surface area is 116 Å². The summed E-state index contributed by atoms with van der Waals surface area (Å²) in [6.07, 6.45) is 0.111. The van der Waals surface area contributed by atoms with Gasteiger partial charge >= 0.3 is 6.03 Å². The van der Waals surface area contributed by atoms with Crippen LogP contribution in [0, 0.1) is 11.6 Å². The minimum Gasteiger partial charge on any atom is -0.319 e. The predicted octanol–water partition coefficient (Wildman–Crippen LogP) is 2.92. The van der Waals surface area contributed by atoms with Crippen LogP contribution in [0.2, 0.25) is 0 Å². The molecule has 1 saturated heterocycles. The Morgan fingerprint density at radius 3 is 2.35 bits per heavy atom. The van der Waals surface area contributed by atoms with Crippen molar-refractivity contribution in [1.82, 2.24) is 4.90 Å². The molecule has 2 rings (SSSR count). The smallest absolute Gasteiger partial charge is 0.319 e. The standard InChI is InChI=1S/C14H16F2N2O2/c1-14(2,3)17-7-6-12(19)18(13(17)20)11-5-4-9(15)8-10(11)16/h4-5,8H,6-7H2,1-3H3. The highest BCUT2D eigenvalue weighted by Crippen LogP contribution is 2.28. The third-order valence-corrected chi connectivity index (χ3v) is 3.18. The average Bonchev–Trinajstić information content (AvgIpc) is 2.29. The van der Waals surface area contributed by atoms with Gasteiger partial charge in [-0.15, -0.1) is 0 Å². The fourth-order valence-corrected chi connectivity index (χ4v) is 2.16. The van der Waals surface area contributed by atoms with Crippen LogP contribution in [0.15, 0.2) is 18.2 Å². The molecule has 1 aliphatic rings. The first-order chi connectivity index (χ1) is 9.21. The summed E-state index contributed by atoms with van der Waals surface area (Å²) in [6, 6.07) is 2.20. The van der Waals surface area contributed by atoms with E-state index in [4.69, 9.17) is 0 Å². The van der Waals surface area contributed by atoms with Crippen molar-refractivity contribution in [2.45, 2.75) is 32.7 Å². The number of benzene rings is 1. The topological polar surface area (TPSA) is 40.6 Å². The van der Waals surface area contributed by atoms with Crippen molar-refractivity contribution in [2.24, 2.45) is 0 Å². The van der Waals surface area contributed by atoms with Crippen LogP contribution >= 0.6 is 0 Å². The van der Waals surface area contributed by atoms with Crippen molar-refractivity contribution in [2.75, 3.05) is 11.4 Å². The van der Waals surface area contributed by atoms with Gasteiger partial charge in [0.1, 0.15) is 11.6 Å². The third kappa shape index (κ3) is 2.50. The summed E-state index contributed by atoms with van der Waals surface area (Å²) in [5.74, 6) is -2.17. The monoisotopic (exact) mass is 282 g/mol. The van der Waals surface area contributed by atoms with E-state index in [1.54, 1.807) is 0 Å². The lowest BCUT2D eigenvalue weighted by atomic mass is 10.0. The Bertz CT molecular complexity index is 567. The number of amides is 3. The van der Waals surface area contributed by atoms with Crippen LogP contribution in [0.25, 0.3) is 0 Å². The number of hydrogen-bond donors (Lipinski definition) is 0. The number of imide groups is 1. The first-order valence-electron chi connectivity index (χ1n) is 6.31. The van der Waals surface area contributed by atoms with E-state index >= 15 is 0 Å². The maximum absolute atomic E-state index is 13.8. The molecule has 0 saturated carbocycles. The SMILES string of the molecule is CC(C)(C)N1CCC(=O)N(c2ccc(F)cc2F)C1=O. The van der Waals surface area contributed by atoms with Crippen LogP contribution in [0.5, 0.6) is 0 Å². The number of halogens is 2. The molecule has 1 aromatic carbocycles. The molecule has 0 spiro atoms. The maximum atomic E-state index is 13.8. The highest BCUT2D eigenvalue weighted by molar-refractivity contribution is 6.16. The van der Waals surface area contributed by atoms with Gasteiger partial charge in [0.15, 0.2) is 0 Å². The number of rotatable bonds is 1. The largest absolute Gasteiger partial charge is 0.331 e. The fraction of sp³-hybridized carbons (Fsp3) is 0.429. The second-order valence-corrected chi connectivity index (χ2v) is 5.68. The van der Waals surface area contributed by atoms with Crippen LogP contribution in [0.1, 0.15) is 27.2 Å². The molecule has 108 valence electrons. The van der Waals surface area contributed by atoms with Gasteiger partial charge in [0.25, 0.3) is 0 Å². The van der Waals surface area contributed by atoms with E-state index in [1.165, 1.54) is 4.90 Å². The number of carbonyl (C=O) groups excluding carboxylic acids is 2. The van der Waals surface area contributed by atoms with Crippen molar-refractivity contribution < 1.29 is 18.4 Å². The summed E-state index contributed by atoms with van der Waals surface area (Å²) >= 11 is 0. The van der Waals surface area contributed by atoms with Crippen molar-refractivity contribution in [3.8, 4) is 0 Å². The lowest BCUT2D eigenvalue weighted by Crippen LogP contribution is -2.58. The molecule has 0 radical (unpaired) electrons. The first kappa shape index (κ1) is 14.4. The third-order valence-electron chi connectivity index (χ3n) is 3.18. The Hall–Kier alpha value is -1.98. The quantitative estimate of drug-likeness (QED) is 0.794. The molecule has 0 bridgehead atoms. The highest BCUT2D eigenvalue weighted by atomic mass is 19.1. The molecule has 0 aliphatic carbocycles. The fourth-order valence-electron chi connectivity index (χ4n) is 2.16. The van der Waals surface area contributed by atoms with E-state index in [1.807, 2.05) is 20.8 Å². The molecule has 1 heterocycles. The first-order valence-corrected chi connectivity index (χ1v) is 6.31. The number of carbonyl (C=O) groups is 2. The Kier molecular flexibility index (Phi) is 3.50. The summed E-state index contributed by atoms with van der Waals surface area (Å²) < 4.78 is 26.7.